The van der Waals surface area contributed by atoms with E-state index >= 15 is 0 Å². The zero-order valence-electron chi connectivity index (χ0n) is 17.7. The Morgan fingerprint density at radius 1 is 1.07 bits per heavy atom. The van der Waals surface area contributed by atoms with Crippen LogP contribution >= 0.6 is 0 Å². The van der Waals surface area contributed by atoms with Crippen LogP contribution in [0, 0.1) is 5.92 Å². The van der Waals surface area contributed by atoms with Gasteiger partial charge in [0.15, 0.2) is 5.78 Å². The molecule has 5 heteroatoms. The highest BCUT2D eigenvalue weighted by molar-refractivity contribution is 5.90. The fourth-order valence-electron chi connectivity index (χ4n) is 4.18. The summed E-state index contributed by atoms with van der Waals surface area (Å²) in [7, 11) is 0. The number of nitrogens with zero attached hydrogens (tertiary/aromatic N) is 1. The maximum absolute atomic E-state index is 12.7. The van der Waals surface area contributed by atoms with Gasteiger partial charge in [-0.25, -0.2) is 4.79 Å². The Morgan fingerprint density at radius 2 is 1.80 bits per heavy atom. The molecule has 2 N–H and O–H groups in total. The lowest BCUT2D eigenvalue weighted by atomic mass is 9.90. The van der Waals surface area contributed by atoms with Crippen LogP contribution in [0.4, 0.5) is 10.5 Å². The molecule has 2 aromatic carbocycles. The van der Waals surface area contributed by atoms with E-state index < -0.39 is 0 Å². The van der Waals surface area contributed by atoms with Crippen LogP contribution in [-0.4, -0.2) is 35.8 Å². The molecule has 0 saturated carbocycles. The summed E-state index contributed by atoms with van der Waals surface area (Å²) < 4.78 is 0. The van der Waals surface area contributed by atoms with Crippen LogP contribution in [-0.2, 0) is 17.8 Å². The topological polar surface area (TPSA) is 61.4 Å². The minimum Gasteiger partial charge on any atom is -0.320 e. The van der Waals surface area contributed by atoms with E-state index in [1.807, 2.05) is 49.1 Å². The third kappa shape index (κ3) is 4.46. The number of carbonyl (C=O) groups is 2. The quantitative estimate of drug-likeness (QED) is 0.802. The molecule has 5 nitrogen and oxygen atoms in total. The molecule has 4 rings (SSSR count). The van der Waals surface area contributed by atoms with Crippen LogP contribution in [0.25, 0.3) is 5.57 Å². The Bertz CT molecular complexity index is 963. The van der Waals surface area contributed by atoms with E-state index in [-0.39, 0.29) is 23.8 Å². The fraction of sp³-hybridized carbons (Fsp3) is 0.360. The molecule has 2 heterocycles. The summed E-state index contributed by atoms with van der Waals surface area (Å²) in [4.78, 5) is 26.9. The Kier molecular flexibility index (Phi) is 6.00. The molecule has 156 valence electrons. The van der Waals surface area contributed by atoms with E-state index in [9.17, 15) is 9.59 Å². The van der Waals surface area contributed by atoms with Gasteiger partial charge in [-0.15, -0.1) is 0 Å². The molecular formula is C25H29N3O2. The molecule has 0 fully saturated rings. The lowest BCUT2D eigenvalue weighted by Crippen LogP contribution is -2.41. The van der Waals surface area contributed by atoms with Gasteiger partial charge in [-0.2, -0.15) is 0 Å². The van der Waals surface area contributed by atoms with Gasteiger partial charge in [-0.3, -0.25) is 4.79 Å². The number of hydrogen-bond acceptors (Lipinski definition) is 3. The van der Waals surface area contributed by atoms with Crippen LogP contribution in [0.2, 0.25) is 0 Å². The number of Topliss-reactive ketones (excluding diaryl/α,β-unsaturated/α-hetero) is 1. The zero-order chi connectivity index (χ0) is 21.1. The maximum atomic E-state index is 12.7. The van der Waals surface area contributed by atoms with E-state index in [2.05, 4.69) is 34.9 Å². The molecule has 0 spiro atoms. The van der Waals surface area contributed by atoms with Gasteiger partial charge in [0.2, 0.25) is 0 Å². The van der Waals surface area contributed by atoms with Crippen molar-refractivity contribution in [2.24, 2.45) is 5.92 Å². The number of fused-ring (bicyclic) bond motifs is 1. The predicted octanol–water partition coefficient (Wildman–Crippen LogP) is 4.25. The molecule has 0 saturated heterocycles. The smallest absolute Gasteiger partial charge is 0.320 e. The number of carbonyl (C=O) groups excluding carboxylic acids is 2. The number of anilines is 1. The monoisotopic (exact) mass is 403 g/mol. The van der Waals surface area contributed by atoms with E-state index in [1.165, 1.54) is 16.7 Å². The number of urea groups is 1. The summed E-state index contributed by atoms with van der Waals surface area (Å²) in [5.74, 6) is 0.286. The SMILES string of the molecule is CC(C)C(=O)C1CC(c2ccc(NC(=O)N3CCc4ccccc4C3)cc2)=CCN1. The number of nitrogens with one attached hydrogen (secondary N) is 2. The van der Waals surface area contributed by atoms with Crippen LogP contribution in [0.1, 0.15) is 37.0 Å². The van der Waals surface area contributed by atoms with Crippen molar-refractivity contribution in [1.29, 1.82) is 0 Å². The van der Waals surface area contributed by atoms with Gasteiger partial charge in [0, 0.05) is 31.2 Å². The second kappa shape index (κ2) is 8.84. The van der Waals surface area contributed by atoms with Crippen LogP contribution < -0.4 is 10.6 Å². The first-order valence-corrected chi connectivity index (χ1v) is 10.7. The minimum absolute atomic E-state index is 0.0289. The third-order valence-corrected chi connectivity index (χ3v) is 5.97. The first-order chi connectivity index (χ1) is 14.5. The molecule has 0 aliphatic carbocycles. The maximum Gasteiger partial charge on any atom is 0.322 e. The van der Waals surface area contributed by atoms with Crippen LogP contribution in [0.15, 0.2) is 54.6 Å². The Labute approximate surface area is 178 Å². The summed E-state index contributed by atoms with van der Waals surface area (Å²) in [6, 6.07) is 16.0. The normalized spacial score (nSPS) is 18.6. The highest BCUT2D eigenvalue weighted by atomic mass is 16.2. The predicted molar refractivity (Wildman–Crippen MR) is 120 cm³/mol. The molecule has 0 bridgehead atoms. The number of amides is 2. The fourth-order valence-corrected chi connectivity index (χ4v) is 4.18. The molecule has 2 aromatic rings. The summed E-state index contributed by atoms with van der Waals surface area (Å²) in [5.41, 5.74) is 5.61. The summed E-state index contributed by atoms with van der Waals surface area (Å²) >= 11 is 0. The average molecular weight is 404 g/mol. The molecule has 30 heavy (non-hydrogen) atoms. The minimum atomic E-state index is -0.119. The lowest BCUT2D eigenvalue weighted by Gasteiger charge is -2.29. The first-order valence-electron chi connectivity index (χ1n) is 10.7. The van der Waals surface area contributed by atoms with Crippen molar-refractivity contribution >= 4 is 23.1 Å². The molecule has 1 atom stereocenters. The highest BCUT2D eigenvalue weighted by Crippen LogP contribution is 2.26. The molecule has 2 amide bonds. The third-order valence-electron chi connectivity index (χ3n) is 5.97. The Balaban J connectivity index is 1.38. The Morgan fingerprint density at radius 3 is 2.53 bits per heavy atom. The van der Waals surface area contributed by atoms with Gasteiger partial charge < -0.3 is 15.5 Å². The first kappa shape index (κ1) is 20.4. The Hall–Kier alpha value is -2.92. The molecule has 0 radical (unpaired) electrons. The van der Waals surface area contributed by atoms with Gasteiger partial charge in [-0.05, 0) is 47.2 Å². The van der Waals surface area contributed by atoms with Crippen molar-refractivity contribution in [2.45, 2.75) is 39.3 Å². The van der Waals surface area contributed by atoms with E-state index in [1.54, 1.807) is 0 Å². The number of ketones is 1. The molecule has 0 aromatic heterocycles. The van der Waals surface area contributed by atoms with Crippen LogP contribution in [0.3, 0.4) is 0 Å². The van der Waals surface area contributed by atoms with Gasteiger partial charge >= 0.3 is 6.03 Å². The van der Waals surface area contributed by atoms with E-state index in [0.717, 1.165) is 24.2 Å². The van der Waals surface area contributed by atoms with Crippen molar-refractivity contribution < 1.29 is 9.59 Å². The summed E-state index contributed by atoms with van der Waals surface area (Å²) in [6.45, 7) is 5.96. The second-order valence-corrected chi connectivity index (χ2v) is 8.40. The van der Waals surface area contributed by atoms with Gasteiger partial charge in [0.1, 0.15) is 0 Å². The van der Waals surface area contributed by atoms with E-state index in [4.69, 9.17) is 0 Å². The van der Waals surface area contributed by atoms with Gasteiger partial charge in [0.25, 0.3) is 0 Å². The van der Waals surface area contributed by atoms with Crippen LogP contribution in [0.5, 0.6) is 0 Å². The van der Waals surface area contributed by atoms with Crippen molar-refractivity contribution in [2.75, 3.05) is 18.4 Å². The standard InChI is InChI=1S/C25H29N3O2/c1-17(2)24(29)23-15-20(11-13-26-23)19-7-9-22(10-8-19)27-25(30)28-14-12-18-5-3-4-6-21(18)16-28/h3-11,17,23,26H,12-16H2,1-2H3,(H,27,30). The lowest BCUT2D eigenvalue weighted by molar-refractivity contribution is -0.123. The van der Waals surface area contributed by atoms with Gasteiger partial charge in [0.05, 0.1) is 6.04 Å². The second-order valence-electron chi connectivity index (χ2n) is 8.40. The molecule has 1 unspecified atom stereocenters. The van der Waals surface area contributed by atoms with Crippen molar-refractivity contribution in [1.82, 2.24) is 10.2 Å². The van der Waals surface area contributed by atoms with Gasteiger partial charge in [-0.1, -0.05) is 56.3 Å². The summed E-state index contributed by atoms with van der Waals surface area (Å²) in [6.07, 6.45) is 3.74. The average Bonchev–Trinajstić information content (AvgIpc) is 2.78. The van der Waals surface area contributed by atoms with Crippen molar-refractivity contribution in [3.63, 3.8) is 0 Å². The van der Waals surface area contributed by atoms with E-state index in [0.29, 0.717) is 19.5 Å². The van der Waals surface area contributed by atoms with Crippen molar-refractivity contribution in [3.8, 4) is 0 Å². The number of rotatable bonds is 4. The molecular weight excluding hydrogens is 374 g/mol. The summed E-state index contributed by atoms with van der Waals surface area (Å²) in [5, 5.41) is 6.31. The number of benzene rings is 2. The highest BCUT2D eigenvalue weighted by Gasteiger charge is 2.25. The largest absolute Gasteiger partial charge is 0.322 e. The number of hydrogen-bond donors (Lipinski definition) is 2. The van der Waals surface area contributed by atoms with Crippen molar-refractivity contribution in [3.05, 3.63) is 71.3 Å². The molecule has 2 aliphatic rings. The molecule has 2 aliphatic heterocycles. The zero-order valence-corrected chi connectivity index (χ0v) is 17.7.